The molecule has 0 bridgehead atoms. The molecule has 1 aliphatic carbocycles. The first-order chi connectivity index (χ1) is 12.2. The summed E-state index contributed by atoms with van der Waals surface area (Å²) in [4.78, 5) is 10.4. The van der Waals surface area contributed by atoms with E-state index < -0.39 is 0 Å². The molecule has 1 aliphatic rings. The van der Waals surface area contributed by atoms with Crippen molar-refractivity contribution in [1.29, 1.82) is 0 Å². The fraction of sp³-hybridized carbons (Fsp3) is 0.500. The Bertz CT molecular complexity index is 694. The molecule has 2 N–H and O–H groups in total. The molecule has 2 aromatic heterocycles. The first kappa shape index (κ1) is 21.2. The molecule has 0 aliphatic heterocycles. The van der Waals surface area contributed by atoms with Gasteiger partial charge < -0.3 is 10.6 Å². The van der Waals surface area contributed by atoms with Crippen LogP contribution in [0.25, 0.3) is 0 Å². The van der Waals surface area contributed by atoms with Gasteiger partial charge in [-0.15, -0.1) is 35.3 Å². The lowest BCUT2D eigenvalue weighted by atomic mass is 9.73. The summed E-state index contributed by atoms with van der Waals surface area (Å²) in [6.45, 7) is 3.65. The van der Waals surface area contributed by atoms with Crippen LogP contribution >= 0.6 is 35.3 Å². The highest BCUT2D eigenvalue weighted by Crippen LogP contribution is 2.41. The summed E-state index contributed by atoms with van der Waals surface area (Å²) in [5.74, 6) is 0.852. The van der Waals surface area contributed by atoms with Crippen molar-refractivity contribution in [3.63, 3.8) is 0 Å². The fourth-order valence-electron chi connectivity index (χ4n) is 3.66. The van der Waals surface area contributed by atoms with Crippen LogP contribution in [-0.2, 0) is 12.0 Å². The second-order valence-corrected chi connectivity index (χ2v) is 7.82. The molecule has 3 rings (SSSR count). The van der Waals surface area contributed by atoms with Gasteiger partial charge in [-0.2, -0.15) is 0 Å². The number of pyridine rings is 1. The SMILES string of the molecule is CN=C(NCc1cccc(C)n1)NCC1(c2cccs2)CCCCC1.I. The number of nitrogens with one attached hydrogen (secondary N) is 2. The quantitative estimate of drug-likeness (QED) is 0.370. The normalized spacial score (nSPS) is 16.6. The number of guanidine groups is 1. The molecule has 0 radical (unpaired) electrons. The van der Waals surface area contributed by atoms with E-state index in [0.717, 1.165) is 23.9 Å². The summed E-state index contributed by atoms with van der Waals surface area (Å²) in [7, 11) is 1.83. The van der Waals surface area contributed by atoms with Gasteiger partial charge in [-0.05, 0) is 43.3 Å². The monoisotopic (exact) mass is 484 g/mol. The number of nitrogens with zero attached hydrogens (tertiary/aromatic N) is 2. The maximum absolute atomic E-state index is 4.54. The van der Waals surface area contributed by atoms with E-state index in [1.54, 1.807) is 0 Å². The molecule has 0 spiro atoms. The van der Waals surface area contributed by atoms with E-state index in [0.29, 0.717) is 6.54 Å². The van der Waals surface area contributed by atoms with E-state index in [-0.39, 0.29) is 29.4 Å². The molecular formula is C20H29IN4S. The van der Waals surface area contributed by atoms with Crippen LogP contribution in [0.15, 0.2) is 40.7 Å². The molecule has 0 saturated heterocycles. The lowest BCUT2D eigenvalue weighted by molar-refractivity contribution is 0.296. The van der Waals surface area contributed by atoms with Crippen molar-refractivity contribution < 1.29 is 0 Å². The number of hydrogen-bond acceptors (Lipinski definition) is 3. The minimum absolute atomic E-state index is 0. The lowest BCUT2D eigenvalue weighted by Crippen LogP contribution is -2.46. The van der Waals surface area contributed by atoms with Crippen molar-refractivity contribution in [3.05, 3.63) is 52.0 Å². The Morgan fingerprint density at radius 2 is 1.96 bits per heavy atom. The third-order valence-corrected chi connectivity index (χ3v) is 6.17. The van der Waals surface area contributed by atoms with Crippen molar-refractivity contribution >= 4 is 41.3 Å². The third-order valence-electron chi connectivity index (χ3n) is 5.06. The van der Waals surface area contributed by atoms with Gasteiger partial charge in [0.1, 0.15) is 0 Å². The zero-order valence-electron chi connectivity index (χ0n) is 15.6. The number of aryl methyl sites for hydroxylation is 1. The van der Waals surface area contributed by atoms with E-state index in [1.165, 1.54) is 37.0 Å². The standard InChI is InChI=1S/C20H28N4S.HI/c1-16-8-6-9-17(24-16)14-22-19(21-2)23-15-20(11-4-3-5-12-20)18-10-7-13-25-18;/h6-10,13H,3-5,11-12,14-15H2,1-2H3,(H2,21,22,23);1H. The Morgan fingerprint density at radius 1 is 1.15 bits per heavy atom. The summed E-state index contributed by atoms with van der Waals surface area (Å²) in [6, 6.07) is 10.6. The first-order valence-corrected chi connectivity index (χ1v) is 10.0. The minimum atomic E-state index is 0. The van der Waals surface area contributed by atoms with Gasteiger partial charge in [0.15, 0.2) is 5.96 Å². The smallest absolute Gasteiger partial charge is 0.191 e. The summed E-state index contributed by atoms with van der Waals surface area (Å²) in [6.07, 6.45) is 6.52. The molecule has 142 valence electrons. The highest BCUT2D eigenvalue weighted by Gasteiger charge is 2.34. The van der Waals surface area contributed by atoms with E-state index in [1.807, 2.05) is 43.5 Å². The molecule has 1 fully saturated rings. The number of halogens is 1. The minimum Gasteiger partial charge on any atom is -0.355 e. The zero-order chi connectivity index (χ0) is 17.5. The highest BCUT2D eigenvalue weighted by atomic mass is 127. The van der Waals surface area contributed by atoms with E-state index in [4.69, 9.17) is 0 Å². The van der Waals surface area contributed by atoms with Crippen molar-refractivity contribution in [2.45, 2.75) is 51.0 Å². The van der Waals surface area contributed by atoms with Crippen molar-refractivity contribution in [2.75, 3.05) is 13.6 Å². The van der Waals surface area contributed by atoms with Gasteiger partial charge in [0, 0.05) is 29.6 Å². The average Bonchev–Trinajstić information content (AvgIpc) is 3.18. The molecule has 6 heteroatoms. The van der Waals surface area contributed by atoms with E-state index >= 15 is 0 Å². The average molecular weight is 484 g/mol. The Morgan fingerprint density at radius 3 is 2.62 bits per heavy atom. The third kappa shape index (κ3) is 5.42. The number of aliphatic imine (C=N–C) groups is 1. The lowest BCUT2D eigenvalue weighted by Gasteiger charge is -2.37. The van der Waals surface area contributed by atoms with Crippen molar-refractivity contribution in [1.82, 2.24) is 15.6 Å². The van der Waals surface area contributed by atoms with Crippen LogP contribution in [0.3, 0.4) is 0 Å². The Hall–Kier alpha value is -1.15. The topological polar surface area (TPSA) is 49.3 Å². The van der Waals surface area contributed by atoms with Crippen LogP contribution in [0.1, 0.15) is 48.4 Å². The van der Waals surface area contributed by atoms with Gasteiger partial charge in [0.05, 0.1) is 12.2 Å². The van der Waals surface area contributed by atoms with Crippen LogP contribution in [0.2, 0.25) is 0 Å². The zero-order valence-corrected chi connectivity index (χ0v) is 18.8. The summed E-state index contributed by atoms with van der Waals surface area (Å²) in [5.41, 5.74) is 2.33. The van der Waals surface area contributed by atoms with Gasteiger partial charge in [-0.3, -0.25) is 9.98 Å². The Balaban J connectivity index is 0.00000243. The van der Waals surface area contributed by atoms with Crippen molar-refractivity contribution in [2.24, 2.45) is 4.99 Å². The van der Waals surface area contributed by atoms with Gasteiger partial charge in [0.2, 0.25) is 0 Å². The second kappa shape index (κ2) is 10.3. The molecule has 2 heterocycles. The molecule has 26 heavy (non-hydrogen) atoms. The Labute approximate surface area is 177 Å². The van der Waals surface area contributed by atoms with Crippen LogP contribution in [0.5, 0.6) is 0 Å². The van der Waals surface area contributed by atoms with Crippen LogP contribution in [-0.4, -0.2) is 24.5 Å². The predicted molar refractivity (Wildman–Crippen MR) is 122 cm³/mol. The first-order valence-electron chi connectivity index (χ1n) is 9.13. The molecule has 0 atom stereocenters. The number of aromatic nitrogens is 1. The maximum Gasteiger partial charge on any atom is 0.191 e. The maximum atomic E-state index is 4.54. The molecular weight excluding hydrogens is 455 g/mol. The largest absolute Gasteiger partial charge is 0.355 e. The van der Waals surface area contributed by atoms with Gasteiger partial charge in [0.25, 0.3) is 0 Å². The van der Waals surface area contributed by atoms with Gasteiger partial charge in [-0.1, -0.05) is 31.4 Å². The summed E-state index contributed by atoms with van der Waals surface area (Å²) < 4.78 is 0. The van der Waals surface area contributed by atoms with E-state index in [9.17, 15) is 0 Å². The number of rotatable bonds is 5. The van der Waals surface area contributed by atoms with Gasteiger partial charge in [-0.25, -0.2) is 0 Å². The predicted octanol–water partition coefficient (Wildman–Crippen LogP) is 4.64. The molecule has 2 aromatic rings. The molecule has 4 nitrogen and oxygen atoms in total. The number of thiophene rings is 1. The van der Waals surface area contributed by atoms with Crippen LogP contribution in [0.4, 0.5) is 0 Å². The van der Waals surface area contributed by atoms with Gasteiger partial charge >= 0.3 is 0 Å². The van der Waals surface area contributed by atoms with Crippen LogP contribution in [0, 0.1) is 6.92 Å². The van der Waals surface area contributed by atoms with Crippen molar-refractivity contribution in [3.8, 4) is 0 Å². The summed E-state index contributed by atoms with van der Waals surface area (Å²) >= 11 is 1.89. The molecule has 0 unspecified atom stereocenters. The van der Waals surface area contributed by atoms with Crippen LogP contribution < -0.4 is 10.6 Å². The highest BCUT2D eigenvalue weighted by molar-refractivity contribution is 14.0. The molecule has 1 saturated carbocycles. The second-order valence-electron chi connectivity index (χ2n) is 6.87. The molecule has 0 amide bonds. The van der Waals surface area contributed by atoms with E-state index in [2.05, 4.69) is 38.1 Å². The number of hydrogen-bond donors (Lipinski definition) is 2. The molecule has 0 aromatic carbocycles. The Kier molecular flexibility index (Phi) is 8.34. The fourth-order valence-corrected chi connectivity index (χ4v) is 4.65. The summed E-state index contributed by atoms with van der Waals surface area (Å²) in [5, 5.41) is 9.16.